The van der Waals surface area contributed by atoms with Crippen molar-refractivity contribution in [1.82, 2.24) is 15.5 Å². The number of carbonyl (C=O) groups is 1. The first-order chi connectivity index (χ1) is 16.2. The maximum Gasteiger partial charge on any atom is 0.233 e. The van der Waals surface area contributed by atoms with Crippen LogP contribution in [0.5, 0.6) is 0 Å². The number of para-hydroxylation sites is 1. The fourth-order valence-corrected chi connectivity index (χ4v) is 5.22. The molecule has 1 aliphatic heterocycles. The van der Waals surface area contributed by atoms with Crippen molar-refractivity contribution < 1.29 is 4.79 Å². The van der Waals surface area contributed by atoms with Gasteiger partial charge in [-0.1, -0.05) is 65.9 Å². The predicted molar refractivity (Wildman–Crippen MR) is 150 cm³/mol. The van der Waals surface area contributed by atoms with Gasteiger partial charge in [-0.25, -0.2) is 0 Å². The van der Waals surface area contributed by atoms with Gasteiger partial charge < -0.3 is 15.5 Å². The number of benzene rings is 2. The SMILES string of the molecule is CCC1=C(NCCCNC)c2ccccc2N=C(CN(CI)C(=O)CSc2ccccc2)C1. The Hall–Kier alpha value is -1.84. The van der Waals surface area contributed by atoms with Crippen molar-refractivity contribution in [3.8, 4) is 0 Å². The molecule has 0 fully saturated rings. The summed E-state index contributed by atoms with van der Waals surface area (Å²) in [5.41, 5.74) is 5.73. The molecule has 1 amide bonds. The number of fused-ring (bicyclic) bond motifs is 1. The molecule has 0 saturated heterocycles. The van der Waals surface area contributed by atoms with Crippen LogP contribution < -0.4 is 10.6 Å². The summed E-state index contributed by atoms with van der Waals surface area (Å²) < 4.78 is 0.646. The third-order valence-electron chi connectivity index (χ3n) is 5.53. The number of hydrogen-bond acceptors (Lipinski definition) is 5. The van der Waals surface area contributed by atoms with Crippen molar-refractivity contribution >= 4 is 57.4 Å². The van der Waals surface area contributed by atoms with E-state index in [9.17, 15) is 4.79 Å². The van der Waals surface area contributed by atoms with Crippen LogP contribution in [0.15, 0.2) is 70.1 Å². The van der Waals surface area contributed by atoms with Crippen LogP contribution in [0.4, 0.5) is 5.69 Å². The molecule has 0 radical (unpaired) electrons. The Kier molecular flexibility index (Phi) is 10.8. The first-order valence-corrected chi connectivity index (χ1v) is 13.9. The number of amides is 1. The van der Waals surface area contributed by atoms with Gasteiger partial charge in [-0.2, -0.15) is 0 Å². The Bertz CT molecular complexity index is 977. The first kappa shape index (κ1) is 25.8. The van der Waals surface area contributed by atoms with Crippen LogP contribution in [0.3, 0.4) is 0 Å². The van der Waals surface area contributed by atoms with E-state index in [0.29, 0.717) is 16.8 Å². The molecule has 0 atom stereocenters. The molecule has 0 saturated carbocycles. The Morgan fingerprint density at radius 2 is 1.88 bits per heavy atom. The molecule has 0 spiro atoms. The van der Waals surface area contributed by atoms with Gasteiger partial charge in [0.05, 0.1) is 22.5 Å². The van der Waals surface area contributed by atoms with E-state index in [1.807, 2.05) is 48.3 Å². The van der Waals surface area contributed by atoms with Gasteiger partial charge in [-0.15, -0.1) is 11.8 Å². The van der Waals surface area contributed by atoms with Crippen molar-refractivity contribution in [1.29, 1.82) is 0 Å². The molecular formula is C26H33IN4OS. The van der Waals surface area contributed by atoms with Crippen LogP contribution in [0, 0.1) is 0 Å². The van der Waals surface area contributed by atoms with Crippen molar-refractivity contribution in [2.75, 3.05) is 37.0 Å². The largest absolute Gasteiger partial charge is 0.384 e. The van der Waals surface area contributed by atoms with E-state index in [1.54, 1.807) is 11.8 Å². The Balaban J connectivity index is 1.76. The van der Waals surface area contributed by atoms with Crippen LogP contribution >= 0.6 is 34.4 Å². The average molecular weight is 577 g/mol. The van der Waals surface area contributed by atoms with Crippen molar-refractivity contribution in [2.45, 2.75) is 31.1 Å². The second-order valence-electron chi connectivity index (χ2n) is 7.90. The van der Waals surface area contributed by atoms with Gasteiger partial charge in [0, 0.05) is 34.8 Å². The highest BCUT2D eigenvalue weighted by Gasteiger charge is 2.21. The number of aliphatic imine (C=N–C) groups is 1. The van der Waals surface area contributed by atoms with E-state index in [1.165, 1.54) is 11.3 Å². The second kappa shape index (κ2) is 13.8. The number of nitrogens with one attached hydrogen (secondary N) is 2. The van der Waals surface area contributed by atoms with E-state index in [2.05, 4.69) is 58.3 Å². The van der Waals surface area contributed by atoms with Gasteiger partial charge in [-0.3, -0.25) is 9.79 Å². The minimum atomic E-state index is 0.144. The Labute approximate surface area is 215 Å². The number of thioether (sulfide) groups is 1. The van der Waals surface area contributed by atoms with Crippen LogP contribution in [0.2, 0.25) is 0 Å². The minimum Gasteiger partial charge on any atom is -0.384 e. The highest BCUT2D eigenvalue weighted by Crippen LogP contribution is 2.33. The smallest absolute Gasteiger partial charge is 0.233 e. The van der Waals surface area contributed by atoms with Gasteiger partial charge in [-0.05, 0) is 50.2 Å². The topological polar surface area (TPSA) is 56.7 Å². The third-order valence-corrected chi connectivity index (χ3v) is 7.35. The van der Waals surface area contributed by atoms with Gasteiger partial charge >= 0.3 is 0 Å². The van der Waals surface area contributed by atoms with E-state index < -0.39 is 0 Å². The summed E-state index contributed by atoms with van der Waals surface area (Å²) in [5.74, 6) is 0.581. The molecule has 0 bridgehead atoms. The maximum atomic E-state index is 13.0. The van der Waals surface area contributed by atoms with Gasteiger partial charge in [0.1, 0.15) is 0 Å². The zero-order valence-corrected chi connectivity index (χ0v) is 22.4. The summed E-state index contributed by atoms with van der Waals surface area (Å²) in [6.07, 6.45) is 2.79. The Morgan fingerprint density at radius 3 is 2.61 bits per heavy atom. The zero-order chi connectivity index (χ0) is 23.5. The standard InChI is InChI=1S/C26H33IN4OS/c1-3-20-16-21(17-31(19-27)25(32)18-33-22-10-5-4-6-11-22)30-24-13-8-7-12-23(24)26(20)29-15-9-14-28-2/h4-8,10-13,28-29H,3,9,14-19H2,1-2H3. The second-order valence-corrected chi connectivity index (χ2v) is 9.63. The van der Waals surface area contributed by atoms with Gasteiger partial charge in [0.2, 0.25) is 5.91 Å². The molecule has 33 heavy (non-hydrogen) atoms. The zero-order valence-electron chi connectivity index (χ0n) is 19.4. The summed E-state index contributed by atoms with van der Waals surface area (Å²) in [6.45, 7) is 4.66. The molecule has 0 unspecified atom stereocenters. The summed E-state index contributed by atoms with van der Waals surface area (Å²) in [6, 6.07) is 18.4. The lowest BCUT2D eigenvalue weighted by atomic mass is 9.99. The van der Waals surface area contributed by atoms with E-state index in [4.69, 9.17) is 4.99 Å². The minimum absolute atomic E-state index is 0.144. The lowest BCUT2D eigenvalue weighted by molar-refractivity contribution is -0.126. The number of rotatable bonds is 12. The first-order valence-electron chi connectivity index (χ1n) is 11.4. The molecule has 5 nitrogen and oxygen atoms in total. The molecule has 2 N–H and O–H groups in total. The average Bonchev–Trinajstić information content (AvgIpc) is 3.00. The fraction of sp³-hybridized carbons (Fsp3) is 0.385. The number of allylic oxidation sites excluding steroid dienone is 1. The molecule has 1 aliphatic rings. The van der Waals surface area contributed by atoms with Crippen LogP contribution in [0.1, 0.15) is 31.7 Å². The lowest BCUT2D eigenvalue weighted by Crippen LogP contribution is -2.36. The van der Waals surface area contributed by atoms with Gasteiger partial charge in [0.25, 0.3) is 0 Å². The third kappa shape index (κ3) is 7.58. The van der Waals surface area contributed by atoms with Gasteiger partial charge in [0.15, 0.2) is 0 Å². The van der Waals surface area contributed by atoms with E-state index >= 15 is 0 Å². The summed E-state index contributed by atoms with van der Waals surface area (Å²) >= 11 is 3.87. The van der Waals surface area contributed by atoms with E-state index in [-0.39, 0.29) is 5.91 Å². The molecule has 7 heteroatoms. The van der Waals surface area contributed by atoms with Crippen molar-refractivity contribution in [2.24, 2.45) is 4.99 Å². The highest BCUT2D eigenvalue weighted by molar-refractivity contribution is 14.1. The molecule has 176 valence electrons. The number of hydrogen-bond donors (Lipinski definition) is 2. The predicted octanol–water partition coefficient (Wildman–Crippen LogP) is 5.50. The van der Waals surface area contributed by atoms with Crippen LogP contribution in [0.25, 0.3) is 5.70 Å². The Morgan fingerprint density at radius 1 is 1.12 bits per heavy atom. The fourth-order valence-electron chi connectivity index (χ4n) is 3.78. The monoisotopic (exact) mass is 576 g/mol. The molecule has 0 aromatic heterocycles. The number of carbonyl (C=O) groups excluding carboxylic acids is 1. The number of halogens is 1. The molecule has 3 rings (SSSR count). The van der Waals surface area contributed by atoms with Crippen LogP contribution in [-0.4, -0.2) is 53.5 Å². The van der Waals surface area contributed by atoms with Crippen molar-refractivity contribution in [3.63, 3.8) is 0 Å². The van der Waals surface area contributed by atoms with Crippen LogP contribution in [-0.2, 0) is 4.79 Å². The summed E-state index contributed by atoms with van der Waals surface area (Å²) in [7, 11) is 1.98. The molecule has 2 aromatic carbocycles. The summed E-state index contributed by atoms with van der Waals surface area (Å²) in [4.78, 5) is 21.1. The maximum absolute atomic E-state index is 13.0. The molecular weight excluding hydrogens is 543 g/mol. The lowest BCUT2D eigenvalue weighted by Gasteiger charge is -2.21. The number of nitrogens with zero attached hydrogens (tertiary/aromatic N) is 2. The number of alkyl halides is 1. The molecule has 1 heterocycles. The summed E-state index contributed by atoms with van der Waals surface area (Å²) in [5, 5.41) is 6.89. The highest BCUT2D eigenvalue weighted by atomic mass is 127. The molecule has 2 aromatic rings. The van der Waals surface area contributed by atoms with Crippen molar-refractivity contribution in [3.05, 3.63) is 65.7 Å². The van der Waals surface area contributed by atoms with E-state index in [0.717, 1.165) is 54.2 Å². The normalized spacial score (nSPS) is 13.2. The quantitative estimate of drug-likeness (QED) is 0.115. The molecule has 0 aliphatic carbocycles.